The highest BCUT2D eigenvalue weighted by atomic mass is 35.5. The van der Waals surface area contributed by atoms with Crippen LogP contribution >= 0.6 is 23.2 Å². The predicted octanol–water partition coefficient (Wildman–Crippen LogP) is 4.96. The summed E-state index contributed by atoms with van der Waals surface area (Å²) in [5.41, 5.74) is 0.984. The predicted molar refractivity (Wildman–Crippen MR) is 79.4 cm³/mol. The fourth-order valence-electron chi connectivity index (χ4n) is 1.58. The van der Waals surface area contributed by atoms with Crippen molar-refractivity contribution in [2.75, 3.05) is 0 Å². The van der Waals surface area contributed by atoms with Crippen LogP contribution < -0.4 is 0 Å². The molecule has 0 aliphatic carbocycles. The quantitative estimate of drug-likeness (QED) is 0.689. The van der Waals surface area contributed by atoms with E-state index in [4.69, 9.17) is 23.2 Å². The van der Waals surface area contributed by atoms with E-state index < -0.39 is 17.6 Å². The number of halogens is 2. The lowest BCUT2D eigenvalue weighted by Gasteiger charge is -2.14. The number of rotatable bonds is 3. The Morgan fingerprint density at radius 2 is 1.44 bits per heavy atom. The molecule has 0 fully saturated rings. The average Bonchev–Trinajstić information content (AvgIpc) is 2.15. The average molecular weight is 287 g/mol. The van der Waals surface area contributed by atoms with Crippen LogP contribution in [0.1, 0.15) is 5.56 Å². The van der Waals surface area contributed by atoms with Crippen LogP contribution in [0.4, 0.5) is 0 Å². The third kappa shape index (κ3) is 3.49. The fourth-order valence-corrected chi connectivity index (χ4v) is 6.95. The lowest BCUT2D eigenvalue weighted by atomic mass is 10.2. The molecule has 0 amide bonds. The maximum Gasteiger partial charge on any atom is 0.0684 e. The van der Waals surface area contributed by atoms with Gasteiger partial charge in [-0.1, -0.05) is 66.4 Å². The Morgan fingerprint density at radius 3 is 1.81 bits per heavy atom. The normalized spacial score (nSPS) is 11.0. The van der Waals surface area contributed by atoms with E-state index in [0.29, 0.717) is 0 Å². The molecule has 0 bridgehead atoms. The van der Waals surface area contributed by atoms with Gasteiger partial charge in [0, 0.05) is 15.6 Å². The molecule has 0 saturated heterocycles. The minimum atomic E-state index is -0.414. The number of hydrogen-bond acceptors (Lipinski definition) is 0. The lowest BCUT2D eigenvalue weighted by Crippen LogP contribution is -2.18. The standard InChI is InChI=1S/C12H16Cl2Si2/c1-15(2)12(16(3)4)8-9-10(13)6-5-7-11(9)14/h5-8H,1-4H3. The molecule has 1 aromatic carbocycles. The van der Waals surface area contributed by atoms with Gasteiger partial charge in [0.05, 0.1) is 17.6 Å². The second kappa shape index (κ2) is 6.06. The molecule has 4 heteroatoms. The largest absolute Gasteiger partial charge is 0.0937 e. The lowest BCUT2D eigenvalue weighted by molar-refractivity contribution is 1.65. The van der Waals surface area contributed by atoms with Crippen molar-refractivity contribution in [2.24, 2.45) is 0 Å². The molecule has 1 aromatic rings. The van der Waals surface area contributed by atoms with E-state index in [1.54, 1.807) is 4.82 Å². The molecule has 0 aliphatic rings. The molecular formula is C12H16Cl2Si2. The summed E-state index contributed by atoms with van der Waals surface area (Å²) in [6.45, 7) is 9.27. The zero-order valence-electron chi connectivity index (χ0n) is 10.1. The molecule has 0 spiro atoms. The molecule has 0 heterocycles. The maximum atomic E-state index is 6.18. The second-order valence-electron chi connectivity index (χ2n) is 4.19. The van der Waals surface area contributed by atoms with Gasteiger partial charge in [0.25, 0.3) is 0 Å². The molecule has 2 radical (unpaired) electrons. The second-order valence-corrected chi connectivity index (χ2v) is 10.6. The summed E-state index contributed by atoms with van der Waals surface area (Å²) in [6, 6.07) is 5.67. The Morgan fingerprint density at radius 1 is 1.00 bits per heavy atom. The summed E-state index contributed by atoms with van der Waals surface area (Å²) in [7, 11) is -0.828. The Kier molecular flexibility index (Phi) is 5.31. The van der Waals surface area contributed by atoms with Gasteiger partial charge in [-0.2, -0.15) is 0 Å². The number of benzene rings is 1. The van der Waals surface area contributed by atoms with Crippen molar-refractivity contribution < 1.29 is 0 Å². The van der Waals surface area contributed by atoms with Crippen LogP contribution in [0, 0.1) is 0 Å². The molecule has 1 rings (SSSR count). The van der Waals surface area contributed by atoms with Crippen LogP contribution in [-0.2, 0) is 0 Å². The molecule has 0 aliphatic heterocycles. The van der Waals surface area contributed by atoms with Crippen LogP contribution in [0.25, 0.3) is 6.08 Å². The molecule has 0 aromatic heterocycles. The minimum Gasteiger partial charge on any atom is -0.0937 e. The third-order valence-electron chi connectivity index (χ3n) is 2.37. The van der Waals surface area contributed by atoms with Gasteiger partial charge >= 0.3 is 0 Å². The summed E-state index contributed by atoms with van der Waals surface area (Å²) in [4.78, 5) is 1.57. The van der Waals surface area contributed by atoms with Crippen LogP contribution in [0.15, 0.2) is 23.0 Å². The molecule has 16 heavy (non-hydrogen) atoms. The summed E-state index contributed by atoms with van der Waals surface area (Å²) in [5.74, 6) is 0. The van der Waals surface area contributed by atoms with E-state index in [9.17, 15) is 0 Å². The van der Waals surface area contributed by atoms with Crippen molar-refractivity contribution in [1.29, 1.82) is 0 Å². The Balaban J connectivity index is 3.23. The van der Waals surface area contributed by atoms with Crippen LogP contribution in [-0.4, -0.2) is 17.6 Å². The van der Waals surface area contributed by atoms with Gasteiger partial charge in [-0.3, -0.25) is 0 Å². The van der Waals surface area contributed by atoms with Crippen molar-refractivity contribution in [1.82, 2.24) is 0 Å². The molecule has 0 atom stereocenters. The number of hydrogen-bond donors (Lipinski definition) is 0. The summed E-state index contributed by atoms with van der Waals surface area (Å²) >= 11 is 12.4. The summed E-state index contributed by atoms with van der Waals surface area (Å²) in [6.07, 6.45) is 2.22. The first kappa shape index (κ1) is 14.0. The molecule has 86 valence electrons. The zero-order chi connectivity index (χ0) is 12.3. The van der Waals surface area contributed by atoms with Gasteiger partial charge in [0.1, 0.15) is 0 Å². The molecule has 0 N–H and O–H groups in total. The Hall–Kier alpha value is -0.0262. The summed E-state index contributed by atoms with van der Waals surface area (Å²) in [5, 5.41) is 1.49. The van der Waals surface area contributed by atoms with Gasteiger partial charge in [-0.15, -0.1) is 0 Å². The molecule has 0 saturated carbocycles. The van der Waals surface area contributed by atoms with Gasteiger partial charge in [0.2, 0.25) is 0 Å². The summed E-state index contributed by atoms with van der Waals surface area (Å²) < 4.78 is 0. The Labute approximate surface area is 111 Å². The highest BCUT2D eigenvalue weighted by molar-refractivity contribution is 6.87. The van der Waals surface area contributed by atoms with Crippen molar-refractivity contribution in [3.8, 4) is 0 Å². The van der Waals surface area contributed by atoms with Gasteiger partial charge in [-0.05, 0) is 12.1 Å². The van der Waals surface area contributed by atoms with Crippen molar-refractivity contribution >= 4 is 46.9 Å². The van der Waals surface area contributed by atoms with Crippen molar-refractivity contribution in [3.05, 3.63) is 38.6 Å². The smallest absolute Gasteiger partial charge is 0.0684 e. The molecule has 0 unspecified atom stereocenters. The fraction of sp³-hybridized carbons (Fsp3) is 0.333. The molecule has 0 nitrogen and oxygen atoms in total. The van der Waals surface area contributed by atoms with E-state index >= 15 is 0 Å². The van der Waals surface area contributed by atoms with E-state index in [0.717, 1.165) is 15.6 Å². The van der Waals surface area contributed by atoms with Crippen molar-refractivity contribution in [3.63, 3.8) is 0 Å². The maximum absolute atomic E-state index is 6.18. The van der Waals surface area contributed by atoms with E-state index in [-0.39, 0.29) is 0 Å². The Bertz CT molecular complexity index is 368. The van der Waals surface area contributed by atoms with Gasteiger partial charge in [-0.25, -0.2) is 0 Å². The highest BCUT2D eigenvalue weighted by Crippen LogP contribution is 2.27. The third-order valence-corrected chi connectivity index (χ3v) is 8.47. The highest BCUT2D eigenvalue weighted by Gasteiger charge is 2.12. The topological polar surface area (TPSA) is 0 Å². The van der Waals surface area contributed by atoms with Crippen LogP contribution in [0.3, 0.4) is 0 Å². The first-order chi connectivity index (χ1) is 7.43. The first-order valence-corrected chi connectivity index (χ1v) is 11.0. The van der Waals surface area contributed by atoms with Gasteiger partial charge in [0.15, 0.2) is 0 Å². The minimum absolute atomic E-state index is 0.414. The first-order valence-electron chi connectivity index (χ1n) is 5.20. The van der Waals surface area contributed by atoms with Gasteiger partial charge < -0.3 is 0 Å². The van der Waals surface area contributed by atoms with E-state index in [2.05, 4.69) is 32.3 Å². The van der Waals surface area contributed by atoms with Crippen molar-refractivity contribution in [2.45, 2.75) is 26.2 Å². The molecular weight excluding hydrogens is 271 g/mol. The SMILES string of the molecule is C[Si](C)C(=Cc1c(Cl)cccc1Cl)[Si](C)C. The van der Waals surface area contributed by atoms with E-state index in [1.165, 1.54) is 0 Å². The van der Waals surface area contributed by atoms with E-state index in [1.807, 2.05) is 18.2 Å². The van der Waals surface area contributed by atoms with Crippen LogP contribution in [0.5, 0.6) is 0 Å². The van der Waals surface area contributed by atoms with Crippen LogP contribution in [0.2, 0.25) is 36.2 Å². The monoisotopic (exact) mass is 286 g/mol. The zero-order valence-corrected chi connectivity index (χ0v) is 13.6.